The van der Waals surface area contributed by atoms with Crippen molar-refractivity contribution in [1.29, 1.82) is 0 Å². The highest BCUT2D eigenvalue weighted by atomic mass is 32.2. The number of nitrogens with zero attached hydrogens (tertiary/aromatic N) is 1. The van der Waals surface area contributed by atoms with Crippen LogP contribution < -0.4 is 10.9 Å². The molecule has 27 heavy (non-hydrogen) atoms. The molecule has 1 fully saturated rings. The molecule has 4 rings (SSSR count). The van der Waals surface area contributed by atoms with E-state index >= 15 is 0 Å². The molecule has 5 nitrogen and oxygen atoms in total. The van der Waals surface area contributed by atoms with Crippen LogP contribution in [-0.4, -0.2) is 28.2 Å². The summed E-state index contributed by atoms with van der Waals surface area (Å²) in [6.07, 6.45) is 6.29. The number of fused-ring (bicyclic) bond motifs is 1. The molecule has 3 aromatic rings. The van der Waals surface area contributed by atoms with E-state index < -0.39 is 0 Å². The summed E-state index contributed by atoms with van der Waals surface area (Å²) in [6, 6.07) is 3.98. The SMILES string of the molecule is O=C(CSc1nc2scc(-c3cccs3)c2c(=O)[nH]1)NCC1CCCCC1. The number of thioether (sulfide) groups is 1. The van der Waals surface area contributed by atoms with Crippen molar-refractivity contribution in [3.05, 3.63) is 33.2 Å². The van der Waals surface area contributed by atoms with Gasteiger partial charge in [0.05, 0.1) is 11.1 Å². The van der Waals surface area contributed by atoms with Gasteiger partial charge in [-0.2, -0.15) is 0 Å². The lowest BCUT2D eigenvalue weighted by Crippen LogP contribution is -2.31. The van der Waals surface area contributed by atoms with Gasteiger partial charge in [-0.05, 0) is 30.2 Å². The fraction of sp³-hybridized carbons (Fsp3) is 0.421. The fourth-order valence-corrected chi connectivity index (χ4v) is 5.96. The highest BCUT2D eigenvalue weighted by molar-refractivity contribution is 7.99. The quantitative estimate of drug-likeness (QED) is 0.456. The third-order valence-corrected chi connectivity index (χ3v) is 7.51. The highest BCUT2D eigenvalue weighted by Gasteiger charge is 2.16. The predicted molar refractivity (Wildman–Crippen MR) is 114 cm³/mol. The molecule has 1 amide bonds. The number of amides is 1. The van der Waals surface area contributed by atoms with Gasteiger partial charge in [0.15, 0.2) is 5.16 Å². The van der Waals surface area contributed by atoms with Crippen LogP contribution in [0.1, 0.15) is 32.1 Å². The van der Waals surface area contributed by atoms with E-state index in [1.807, 2.05) is 22.9 Å². The van der Waals surface area contributed by atoms with Crippen LogP contribution in [0.3, 0.4) is 0 Å². The summed E-state index contributed by atoms with van der Waals surface area (Å²) in [7, 11) is 0. The van der Waals surface area contributed by atoms with Crippen LogP contribution in [0.25, 0.3) is 20.7 Å². The van der Waals surface area contributed by atoms with Crippen LogP contribution >= 0.6 is 34.4 Å². The van der Waals surface area contributed by atoms with Crippen LogP contribution in [0.15, 0.2) is 32.8 Å². The zero-order valence-corrected chi connectivity index (χ0v) is 17.3. The van der Waals surface area contributed by atoms with Crippen molar-refractivity contribution in [3.8, 4) is 10.4 Å². The average Bonchev–Trinajstić information content (AvgIpc) is 3.35. The lowest BCUT2D eigenvalue weighted by atomic mass is 9.89. The number of aromatic amines is 1. The molecule has 2 N–H and O–H groups in total. The van der Waals surface area contributed by atoms with Crippen LogP contribution in [0, 0.1) is 5.92 Å². The topological polar surface area (TPSA) is 74.8 Å². The van der Waals surface area contributed by atoms with Gasteiger partial charge < -0.3 is 10.3 Å². The number of H-pyrrole nitrogens is 1. The molecule has 1 aliphatic rings. The summed E-state index contributed by atoms with van der Waals surface area (Å²) in [5, 5.41) is 8.13. The largest absolute Gasteiger partial charge is 0.355 e. The van der Waals surface area contributed by atoms with Gasteiger partial charge in [0, 0.05) is 22.4 Å². The monoisotopic (exact) mass is 419 g/mol. The molecule has 0 saturated heterocycles. The Morgan fingerprint density at radius 2 is 2.15 bits per heavy atom. The predicted octanol–water partition coefficient (Wildman–Crippen LogP) is 4.50. The molecule has 1 saturated carbocycles. The number of hydrogen-bond acceptors (Lipinski definition) is 6. The summed E-state index contributed by atoms with van der Waals surface area (Å²) < 4.78 is 0. The minimum absolute atomic E-state index is 0.00114. The Hall–Kier alpha value is -1.64. The maximum atomic E-state index is 12.6. The minimum Gasteiger partial charge on any atom is -0.355 e. The molecule has 142 valence electrons. The lowest BCUT2D eigenvalue weighted by molar-refractivity contribution is -0.118. The first-order valence-corrected chi connectivity index (χ1v) is 11.9. The average molecular weight is 420 g/mol. The molecule has 0 radical (unpaired) electrons. The maximum Gasteiger partial charge on any atom is 0.260 e. The van der Waals surface area contributed by atoms with Crippen LogP contribution in [0.2, 0.25) is 0 Å². The van der Waals surface area contributed by atoms with Gasteiger partial charge in [-0.1, -0.05) is 37.1 Å². The highest BCUT2D eigenvalue weighted by Crippen LogP contribution is 2.34. The molecular formula is C19H21N3O2S3. The molecule has 0 aromatic carbocycles. The standard InChI is InChI=1S/C19H21N3O2S3/c23-15(20-9-12-5-2-1-3-6-12)11-27-19-21-17(24)16-13(10-26-18(16)22-19)14-7-4-8-25-14/h4,7-8,10,12H,1-3,5-6,9,11H2,(H,20,23)(H,21,22,24). The molecule has 0 spiro atoms. The summed E-state index contributed by atoms with van der Waals surface area (Å²) in [5.41, 5.74) is 0.787. The third kappa shape index (κ3) is 4.44. The van der Waals surface area contributed by atoms with Crippen molar-refractivity contribution in [2.75, 3.05) is 12.3 Å². The zero-order chi connectivity index (χ0) is 18.6. The summed E-state index contributed by atoms with van der Waals surface area (Å²) >= 11 is 4.35. The van der Waals surface area contributed by atoms with Gasteiger partial charge in [0.2, 0.25) is 5.91 Å². The first kappa shape index (κ1) is 18.7. The van der Waals surface area contributed by atoms with Gasteiger partial charge in [-0.25, -0.2) is 4.98 Å². The first-order valence-electron chi connectivity index (χ1n) is 9.15. The van der Waals surface area contributed by atoms with Gasteiger partial charge in [-0.15, -0.1) is 22.7 Å². The van der Waals surface area contributed by atoms with Gasteiger partial charge >= 0.3 is 0 Å². The molecule has 8 heteroatoms. The Morgan fingerprint density at radius 1 is 1.30 bits per heavy atom. The van der Waals surface area contributed by atoms with E-state index in [1.165, 1.54) is 55.2 Å². The number of rotatable bonds is 6. The van der Waals surface area contributed by atoms with Crippen molar-refractivity contribution in [2.45, 2.75) is 37.3 Å². The Labute approximate surface area is 169 Å². The normalized spacial score (nSPS) is 15.3. The Kier molecular flexibility index (Phi) is 5.95. The molecule has 3 heterocycles. The van der Waals surface area contributed by atoms with E-state index in [9.17, 15) is 9.59 Å². The van der Waals surface area contributed by atoms with Gasteiger partial charge in [-0.3, -0.25) is 9.59 Å². The van der Waals surface area contributed by atoms with E-state index in [4.69, 9.17) is 0 Å². The van der Waals surface area contributed by atoms with Crippen molar-refractivity contribution >= 4 is 50.6 Å². The number of carbonyl (C=O) groups is 1. The Balaban J connectivity index is 1.39. The maximum absolute atomic E-state index is 12.6. The van der Waals surface area contributed by atoms with Gasteiger partial charge in [0.25, 0.3) is 5.56 Å². The molecule has 0 atom stereocenters. The van der Waals surface area contributed by atoms with Crippen molar-refractivity contribution in [2.24, 2.45) is 5.92 Å². The molecule has 1 aliphatic carbocycles. The van der Waals surface area contributed by atoms with Crippen LogP contribution in [0.5, 0.6) is 0 Å². The number of aromatic nitrogens is 2. The first-order chi connectivity index (χ1) is 13.2. The molecular weight excluding hydrogens is 398 g/mol. The van der Waals surface area contributed by atoms with Crippen molar-refractivity contribution < 1.29 is 4.79 Å². The van der Waals surface area contributed by atoms with Crippen molar-refractivity contribution in [3.63, 3.8) is 0 Å². The molecule has 0 bridgehead atoms. The zero-order valence-electron chi connectivity index (χ0n) is 14.8. The Morgan fingerprint density at radius 3 is 2.93 bits per heavy atom. The van der Waals surface area contributed by atoms with E-state index in [-0.39, 0.29) is 17.2 Å². The van der Waals surface area contributed by atoms with E-state index in [0.29, 0.717) is 21.3 Å². The number of carbonyl (C=O) groups excluding carboxylic acids is 1. The van der Waals surface area contributed by atoms with E-state index in [1.54, 1.807) is 11.3 Å². The lowest BCUT2D eigenvalue weighted by Gasteiger charge is -2.21. The number of thiophene rings is 2. The second-order valence-corrected chi connectivity index (χ2v) is 9.54. The Bertz CT molecular complexity index is 972. The summed E-state index contributed by atoms with van der Waals surface area (Å²) in [4.78, 5) is 33.8. The number of hydrogen-bond donors (Lipinski definition) is 2. The summed E-state index contributed by atoms with van der Waals surface area (Å²) in [5.74, 6) is 0.882. The summed E-state index contributed by atoms with van der Waals surface area (Å²) in [6.45, 7) is 0.761. The fourth-order valence-electron chi connectivity index (χ4n) is 3.45. The number of nitrogens with one attached hydrogen (secondary N) is 2. The third-order valence-electron chi connectivity index (χ3n) is 4.86. The van der Waals surface area contributed by atoms with Crippen molar-refractivity contribution in [1.82, 2.24) is 15.3 Å². The van der Waals surface area contributed by atoms with Gasteiger partial charge in [0.1, 0.15) is 4.83 Å². The van der Waals surface area contributed by atoms with Crippen LogP contribution in [-0.2, 0) is 4.79 Å². The second kappa shape index (κ2) is 8.58. The molecule has 0 unspecified atom stereocenters. The molecule has 3 aromatic heterocycles. The second-order valence-electron chi connectivity index (χ2n) is 6.77. The van der Waals surface area contributed by atoms with E-state index in [0.717, 1.165) is 17.0 Å². The smallest absolute Gasteiger partial charge is 0.260 e. The van der Waals surface area contributed by atoms with Crippen LogP contribution in [0.4, 0.5) is 0 Å². The molecule has 0 aliphatic heterocycles. The van der Waals surface area contributed by atoms with E-state index in [2.05, 4.69) is 15.3 Å². The minimum atomic E-state index is -0.144.